The molecule has 5 heteroatoms. The molecule has 1 aliphatic carbocycles. The zero-order valence-electron chi connectivity index (χ0n) is 13.7. The fourth-order valence-corrected chi connectivity index (χ4v) is 3.77. The van der Waals surface area contributed by atoms with Gasteiger partial charge in [0.2, 0.25) is 0 Å². The molecular formula is C16H33IN4. The topological polar surface area (TPSA) is 53.6 Å². The number of likely N-dealkylation sites (N-methyl/N-ethyl adjacent to an activating group) is 1. The standard InChI is InChI=1S/C16H32N4.HI/c1-3-8-16(9-6-10-16)13-19-15(17)18-12-14-7-5-11-20(14)4-2;/h14H,3-13H2,1-2H3,(H3,17,18,19);1H. The number of nitrogens with one attached hydrogen (secondary N) is 1. The van der Waals surface area contributed by atoms with Gasteiger partial charge in [0.1, 0.15) is 0 Å². The number of nitrogens with zero attached hydrogens (tertiary/aromatic N) is 2. The van der Waals surface area contributed by atoms with Crippen molar-refractivity contribution in [1.82, 2.24) is 10.2 Å². The van der Waals surface area contributed by atoms with Crippen molar-refractivity contribution in [2.75, 3.05) is 26.2 Å². The summed E-state index contributed by atoms with van der Waals surface area (Å²) in [5, 5.41) is 3.34. The lowest BCUT2D eigenvalue weighted by atomic mass is 9.66. The predicted molar refractivity (Wildman–Crippen MR) is 101 cm³/mol. The highest BCUT2D eigenvalue weighted by atomic mass is 127. The molecule has 1 heterocycles. The molecular weight excluding hydrogens is 375 g/mol. The second-order valence-corrected chi connectivity index (χ2v) is 6.61. The fourth-order valence-electron chi connectivity index (χ4n) is 3.77. The van der Waals surface area contributed by atoms with Crippen LogP contribution in [0.1, 0.15) is 58.8 Å². The van der Waals surface area contributed by atoms with Crippen LogP contribution in [0, 0.1) is 5.41 Å². The molecule has 0 amide bonds. The van der Waals surface area contributed by atoms with Gasteiger partial charge in [-0.25, -0.2) is 0 Å². The Bertz CT molecular complexity index is 328. The number of nitrogens with two attached hydrogens (primary N) is 1. The molecule has 0 aromatic rings. The van der Waals surface area contributed by atoms with Gasteiger partial charge in [0.05, 0.1) is 0 Å². The zero-order chi connectivity index (χ0) is 14.4. The molecule has 0 bridgehead atoms. The first kappa shape index (κ1) is 19.0. The highest BCUT2D eigenvalue weighted by molar-refractivity contribution is 14.0. The van der Waals surface area contributed by atoms with Crippen LogP contribution in [0.15, 0.2) is 4.99 Å². The van der Waals surface area contributed by atoms with Crippen LogP contribution in [0.25, 0.3) is 0 Å². The van der Waals surface area contributed by atoms with Gasteiger partial charge in [-0.1, -0.05) is 26.7 Å². The smallest absolute Gasteiger partial charge is 0.188 e. The fraction of sp³-hybridized carbons (Fsp3) is 0.938. The Kier molecular flexibility index (Phi) is 8.31. The Morgan fingerprint density at radius 1 is 1.33 bits per heavy atom. The normalized spacial score (nSPS) is 25.2. The van der Waals surface area contributed by atoms with Gasteiger partial charge in [0, 0.05) is 19.1 Å². The van der Waals surface area contributed by atoms with Gasteiger partial charge in [-0.05, 0) is 50.6 Å². The molecule has 4 nitrogen and oxygen atoms in total. The van der Waals surface area contributed by atoms with Crippen LogP contribution in [-0.2, 0) is 0 Å². The highest BCUT2D eigenvalue weighted by Gasteiger charge is 2.35. The molecule has 0 radical (unpaired) electrons. The van der Waals surface area contributed by atoms with Crippen LogP contribution < -0.4 is 11.1 Å². The summed E-state index contributed by atoms with van der Waals surface area (Å²) in [6.45, 7) is 8.75. The van der Waals surface area contributed by atoms with Crippen LogP contribution in [-0.4, -0.2) is 43.1 Å². The second kappa shape index (κ2) is 9.18. The maximum Gasteiger partial charge on any atom is 0.188 e. The predicted octanol–water partition coefficient (Wildman–Crippen LogP) is 2.96. The van der Waals surface area contributed by atoms with Gasteiger partial charge in [-0.3, -0.25) is 9.89 Å². The summed E-state index contributed by atoms with van der Waals surface area (Å²) in [6, 6.07) is 0.641. The lowest BCUT2D eigenvalue weighted by Gasteiger charge is -2.40. The van der Waals surface area contributed by atoms with Crippen molar-refractivity contribution in [3.05, 3.63) is 0 Å². The molecule has 124 valence electrons. The quantitative estimate of drug-likeness (QED) is 0.387. The lowest BCUT2D eigenvalue weighted by molar-refractivity contribution is 0.130. The highest BCUT2D eigenvalue weighted by Crippen LogP contribution is 2.44. The molecule has 1 atom stereocenters. The van der Waals surface area contributed by atoms with Crippen molar-refractivity contribution in [1.29, 1.82) is 0 Å². The number of guanidine groups is 1. The molecule has 2 fully saturated rings. The molecule has 2 rings (SSSR count). The van der Waals surface area contributed by atoms with E-state index in [0.29, 0.717) is 17.4 Å². The summed E-state index contributed by atoms with van der Waals surface area (Å²) < 4.78 is 0. The molecule has 1 saturated heterocycles. The lowest BCUT2D eigenvalue weighted by Crippen LogP contribution is -2.43. The van der Waals surface area contributed by atoms with E-state index in [1.807, 2.05) is 0 Å². The zero-order valence-corrected chi connectivity index (χ0v) is 16.1. The van der Waals surface area contributed by atoms with E-state index in [9.17, 15) is 0 Å². The van der Waals surface area contributed by atoms with Gasteiger partial charge < -0.3 is 11.1 Å². The average molecular weight is 408 g/mol. The minimum Gasteiger partial charge on any atom is -0.370 e. The summed E-state index contributed by atoms with van der Waals surface area (Å²) in [5.41, 5.74) is 6.52. The minimum absolute atomic E-state index is 0. The molecule has 1 unspecified atom stereocenters. The molecule has 0 aromatic carbocycles. The third-order valence-electron chi connectivity index (χ3n) is 5.20. The monoisotopic (exact) mass is 408 g/mol. The van der Waals surface area contributed by atoms with E-state index in [-0.39, 0.29) is 24.0 Å². The molecule has 1 aliphatic heterocycles. The molecule has 1 saturated carbocycles. The molecule has 0 spiro atoms. The van der Waals surface area contributed by atoms with Crippen molar-refractivity contribution in [2.45, 2.75) is 64.8 Å². The van der Waals surface area contributed by atoms with E-state index in [2.05, 4.69) is 29.1 Å². The van der Waals surface area contributed by atoms with Crippen LogP contribution >= 0.6 is 24.0 Å². The number of hydrogen-bond acceptors (Lipinski definition) is 2. The van der Waals surface area contributed by atoms with Crippen LogP contribution in [0.2, 0.25) is 0 Å². The average Bonchev–Trinajstić information content (AvgIpc) is 2.86. The van der Waals surface area contributed by atoms with Crippen molar-refractivity contribution in [2.24, 2.45) is 16.1 Å². The Morgan fingerprint density at radius 3 is 2.67 bits per heavy atom. The van der Waals surface area contributed by atoms with Gasteiger partial charge in [0.25, 0.3) is 0 Å². The third kappa shape index (κ3) is 5.27. The van der Waals surface area contributed by atoms with Crippen molar-refractivity contribution in [3.8, 4) is 0 Å². The first-order valence-electron chi connectivity index (χ1n) is 8.47. The van der Waals surface area contributed by atoms with Gasteiger partial charge >= 0.3 is 0 Å². The Balaban J connectivity index is 0.00000220. The Labute approximate surface area is 147 Å². The Morgan fingerprint density at radius 2 is 2.10 bits per heavy atom. The van der Waals surface area contributed by atoms with E-state index >= 15 is 0 Å². The number of hydrogen-bond donors (Lipinski definition) is 2. The number of likely N-dealkylation sites (tertiary alicyclic amines) is 1. The first-order chi connectivity index (χ1) is 9.69. The number of halogens is 1. The molecule has 21 heavy (non-hydrogen) atoms. The summed E-state index contributed by atoms with van der Waals surface area (Å²) in [7, 11) is 0. The van der Waals surface area contributed by atoms with Crippen molar-refractivity contribution in [3.63, 3.8) is 0 Å². The van der Waals surface area contributed by atoms with Crippen molar-refractivity contribution < 1.29 is 0 Å². The van der Waals surface area contributed by atoms with Crippen molar-refractivity contribution >= 4 is 29.9 Å². The molecule has 3 N–H and O–H groups in total. The van der Waals surface area contributed by atoms with Crippen LogP contribution in [0.4, 0.5) is 0 Å². The van der Waals surface area contributed by atoms with Crippen LogP contribution in [0.5, 0.6) is 0 Å². The van der Waals surface area contributed by atoms with E-state index in [4.69, 9.17) is 5.73 Å². The summed E-state index contributed by atoms with van der Waals surface area (Å²) in [6.07, 6.45) is 9.21. The summed E-state index contributed by atoms with van der Waals surface area (Å²) >= 11 is 0. The maximum absolute atomic E-state index is 6.04. The van der Waals surface area contributed by atoms with E-state index in [1.54, 1.807) is 0 Å². The first-order valence-corrected chi connectivity index (χ1v) is 8.47. The minimum atomic E-state index is 0. The maximum atomic E-state index is 6.04. The third-order valence-corrected chi connectivity index (χ3v) is 5.20. The van der Waals surface area contributed by atoms with Gasteiger partial charge in [-0.15, -0.1) is 24.0 Å². The summed E-state index contributed by atoms with van der Waals surface area (Å²) in [5.74, 6) is 0.648. The van der Waals surface area contributed by atoms with Crippen LogP contribution in [0.3, 0.4) is 0 Å². The number of rotatable bonds is 7. The molecule has 0 aromatic heterocycles. The Hall–Kier alpha value is -0.0400. The van der Waals surface area contributed by atoms with Gasteiger partial charge in [0.15, 0.2) is 5.96 Å². The van der Waals surface area contributed by atoms with Gasteiger partial charge in [-0.2, -0.15) is 0 Å². The number of aliphatic imine (C=N–C) groups is 1. The largest absolute Gasteiger partial charge is 0.370 e. The summed E-state index contributed by atoms with van der Waals surface area (Å²) in [4.78, 5) is 7.15. The van der Waals surface area contributed by atoms with E-state index in [0.717, 1.165) is 19.6 Å². The van der Waals surface area contributed by atoms with E-state index in [1.165, 1.54) is 51.5 Å². The molecule has 2 aliphatic rings. The van der Waals surface area contributed by atoms with E-state index < -0.39 is 0 Å². The second-order valence-electron chi connectivity index (χ2n) is 6.61. The SMILES string of the molecule is CCCC1(CN=C(N)NCC2CCCN2CC)CCC1.I.